The predicted molar refractivity (Wildman–Crippen MR) is 188 cm³/mol. The fourth-order valence-corrected chi connectivity index (χ4v) is 6.91. The number of para-hydroxylation sites is 1. The van der Waals surface area contributed by atoms with Gasteiger partial charge in [-0.3, -0.25) is 13.9 Å². The number of amides is 2. The van der Waals surface area contributed by atoms with E-state index in [2.05, 4.69) is 21.2 Å². The van der Waals surface area contributed by atoms with Gasteiger partial charge in [0.15, 0.2) is 0 Å². The molecular weight excluding hydrogens is 662 g/mol. The van der Waals surface area contributed by atoms with E-state index in [9.17, 15) is 18.0 Å². The average Bonchev–Trinajstić information content (AvgIpc) is 3.02. The molecule has 0 spiro atoms. The molecule has 0 aliphatic heterocycles. The molecule has 7 nitrogen and oxygen atoms in total. The Hall–Kier alpha value is -3.95. The van der Waals surface area contributed by atoms with E-state index in [1.807, 2.05) is 101 Å². The molecule has 0 fully saturated rings. The van der Waals surface area contributed by atoms with Crippen LogP contribution in [0.4, 0.5) is 5.69 Å². The summed E-state index contributed by atoms with van der Waals surface area (Å²) in [6.45, 7) is 9.13. The second kappa shape index (κ2) is 15.1. The maximum absolute atomic E-state index is 14.7. The molecule has 46 heavy (non-hydrogen) atoms. The number of carbonyl (C=O) groups excluding carboxylic acids is 2. The molecule has 4 rings (SSSR count). The number of aryl methyl sites for hydroxylation is 2. The van der Waals surface area contributed by atoms with E-state index in [1.54, 1.807) is 36.4 Å². The van der Waals surface area contributed by atoms with Crippen LogP contribution in [0.5, 0.6) is 0 Å². The molecule has 9 heteroatoms. The topological polar surface area (TPSA) is 86.8 Å². The van der Waals surface area contributed by atoms with E-state index >= 15 is 0 Å². The zero-order chi connectivity index (χ0) is 33.5. The number of halogens is 1. The molecule has 4 aromatic rings. The quantitative estimate of drug-likeness (QED) is 0.171. The third-order valence-electron chi connectivity index (χ3n) is 7.56. The van der Waals surface area contributed by atoms with Gasteiger partial charge in [-0.25, -0.2) is 8.42 Å². The smallest absolute Gasteiger partial charge is 0.264 e. The molecular formula is C37H42BrN3O4S. The lowest BCUT2D eigenvalue weighted by molar-refractivity contribution is -0.140. The molecule has 0 heterocycles. The van der Waals surface area contributed by atoms with Crippen LogP contribution in [0.2, 0.25) is 0 Å². The van der Waals surface area contributed by atoms with Crippen molar-refractivity contribution in [2.24, 2.45) is 0 Å². The van der Waals surface area contributed by atoms with Crippen molar-refractivity contribution in [3.05, 3.63) is 130 Å². The van der Waals surface area contributed by atoms with Crippen molar-refractivity contribution in [3.63, 3.8) is 0 Å². The second-order valence-electron chi connectivity index (χ2n) is 12.4. The molecule has 0 bridgehead atoms. The lowest BCUT2D eigenvalue weighted by Crippen LogP contribution is -2.56. The Kier molecular flexibility index (Phi) is 11.5. The van der Waals surface area contributed by atoms with Crippen molar-refractivity contribution < 1.29 is 18.0 Å². The molecule has 2 amide bonds. The number of nitrogens with zero attached hydrogens (tertiary/aromatic N) is 2. The molecule has 0 saturated carbocycles. The van der Waals surface area contributed by atoms with E-state index in [4.69, 9.17) is 0 Å². The summed E-state index contributed by atoms with van der Waals surface area (Å²) in [6.07, 6.45) is 0.818. The van der Waals surface area contributed by atoms with E-state index < -0.39 is 34.1 Å². The molecule has 0 unspecified atom stereocenters. The van der Waals surface area contributed by atoms with Crippen molar-refractivity contribution in [1.29, 1.82) is 0 Å². The van der Waals surface area contributed by atoms with Crippen molar-refractivity contribution in [1.82, 2.24) is 10.2 Å². The first-order chi connectivity index (χ1) is 21.8. The van der Waals surface area contributed by atoms with Gasteiger partial charge in [0, 0.05) is 23.0 Å². The first-order valence-corrected chi connectivity index (χ1v) is 17.6. The predicted octanol–water partition coefficient (Wildman–Crippen LogP) is 7.07. The van der Waals surface area contributed by atoms with Crippen LogP contribution >= 0.6 is 15.9 Å². The maximum Gasteiger partial charge on any atom is 0.264 e. The van der Waals surface area contributed by atoms with Gasteiger partial charge in [-0.05, 0) is 81.1 Å². The van der Waals surface area contributed by atoms with Gasteiger partial charge >= 0.3 is 0 Å². The molecule has 0 aliphatic carbocycles. The molecule has 0 aliphatic rings. The Bertz CT molecular complexity index is 1740. The summed E-state index contributed by atoms with van der Waals surface area (Å²) in [7, 11) is -4.17. The minimum absolute atomic E-state index is 0.0857. The summed E-state index contributed by atoms with van der Waals surface area (Å²) in [5, 5.41) is 3.06. The fraction of sp³-hybridized carbons (Fsp3) is 0.297. The fourth-order valence-electron chi connectivity index (χ4n) is 5.20. The number of hydrogen-bond donors (Lipinski definition) is 1. The van der Waals surface area contributed by atoms with Gasteiger partial charge in [0.05, 0.1) is 10.6 Å². The SMILES string of the molecule is CCc1ccccc1N(CC(=O)N(Cc1ccc(Br)cc1)[C@@H](Cc1ccccc1)C(=O)NC(C)(C)C)S(=O)(=O)c1ccc(C)cc1. The lowest BCUT2D eigenvalue weighted by Gasteiger charge is -2.35. The minimum Gasteiger partial charge on any atom is -0.350 e. The van der Waals surface area contributed by atoms with Gasteiger partial charge in [0.2, 0.25) is 11.8 Å². The Balaban J connectivity index is 1.84. The van der Waals surface area contributed by atoms with Gasteiger partial charge in [-0.2, -0.15) is 0 Å². The number of carbonyl (C=O) groups is 2. The monoisotopic (exact) mass is 703 g/mol. The highest BCUT2D eigenvalue weighted by Crippen LogP contribution is 2.29. The molecule has 1 atom stereocenters. The number of nitrogens with one attached hydrogen (secondary N) is 1. The molecule has 4 aromatic carbocycles. The average molecular weight is 705 g/mol. The number of sulfonamides is 1. The first-order valence-electron chi connectivity index (χ1n) is 15.4. The van der Waals surface area contributed by atoms with Crippen LogP contribution in [-0.2, 0) is 39.0 Å². The zero-order valence-electron chi connectivity index (χ0n) is 27.0. The summed E-state index contributed by atoms with van der Waals surface area (Å²) in [5.74, 6) is -0.807. The Morgan fingerprint density at radius 1 is 0.826 bits per heavy atom. The maximum atomic E-state index is 14.7. The van der Waals surface area contributed by atoms with Crippen LogP contribution in [0.15, 0.2) is 112 Å². The Morgan fingerprint density at radius 2 is 1.43 bits per heavy atom. The van der Waals surface area contributed by atoms with Crippen molar-refractivity contribution in [2.45, 2.75) is 70.5 Å². The first kappa shape index (κ1) is 34.9. The molecule has 0 saturated heterocycles. The highest BCUT2D eigenvalue weighted by atomic mass is 79.9. The highest BCUT2D eigenvalue weighted by molar-refractivity contribution is 9.10. The summed E-state index contributed by atoms with van der Waals surface area (Å²) >= 11 is 3.47. The third kappa shape index (κ3) is 9.07. The minimum atomic E-state index is -4.17. The summed E-state index contributed by atoms with van der Waals surface area (Å²) in [6, 6.07) is 30.0. The van der Waals surface area contributed by atoms with Crippen LogP contribution in [0.25, 0.3) is 0 Å². The van der Waals surface area contributed by atoms with Crippen LogP contribution < -0.4 is 9.62 Å². The van der Waals surface area contributed by atoms with Gasteiger partial charge in [-0.1, -0.05) is 101 Å². The summed E-state index contributed by atoms with van der Waals surface area (Å²) < 4.78 is 30.7. The zero-order valence-corrected chi connectivity index (χ0v) is 29.4. The lowest BCUT2D eigenvalue weighted by atomic mass is 10.0. The van der Waals surface area contributed by atoms with Crippen LogP contribution in [-0.4, -0.2) is 43.3 Å². The largest absolute Gasteiger partial charge is 0.350 e. The molecule has 242 valence electrons. The van der Waals surface area contributed by atoms with Gasteiger partial charge in [-0.15, -0.1) is 0 Å². The summed E-state index contributed by atoms with van der Waals surface area (Å²) in [5.41, 5.74) is 3.27. The number of benzene rings is 4. The standard InChI is InChI=1S/C37H42BrN3O4S/c1-6-30-14-10-11-15-33(30)41(46(44,45)32-22-16-27(2)17-23-32)26-35(42)40(25-29-18-20-31(38)21-19-29)34(36(43)39-37(3,4)5)24-28-12-8-7-9-13-28/h7-23,34H,6,24-26H2,1-5H3,(H,39,43)/t34-/m0/s1. The van der Waals surface area contributed by atoms with Crippen molar-refractivity contribution in [2.75, 3.05) is 10.8 Å². The van der Waals surface area contributed by atoms with Crippen LogP contribution in [0, 0.1) is 6.92 Å². The normalized spacial score (nSPS) is 12.3. The third-order valence-corrected chi connectivity index (χ3v) is 9.87. The molecule has 1 N–H and O–H groups in total. The number of hydrogen-bond acceptors (Lipinski definition) is 4. The summed E-state index contributed by atoms with van der Waals surface area (Å²) in [4.78, 5) is 30.3. The highest BCUT2D eigenvalue weighted by Gasteiger charge is 2.36. The van der Waals surface area contributed by atoms with Gasteiger partial charge in [0.1, 0.15) is 12.6 Å². The Morgan fingerprint density at radius 3 is 2.04 bits per heavy atom. The molecule has 0 radical (unpaired) electrons. The van der Waals surface area contributed by atoms with E-state index in [1.165, 1.54) is 9.21 Å². The molecule has 0 aromatic heterocycles. The van der Waals surface area contributed by atoms with Crippen LogP contribution in [0.1, 0.15) is 49.9 Å². The van der Waals surface area contributed by atoms with Gasteiger partial charge < -0.3 is 10.2 Å². The Labute approximate surface area is 281 Å². The number of anilines is 1. The van der Waals surface area contributed by atoms with E-state index in [0.717, 1.165) is 26.7 Å². The van der Waals surface area contributed by atoms with Crippen molar-refractivity contribution >= 4 is 43.5 Å². The van der Waals surface area contributed by atoms with E-state index in [0.29, 0.717) is 12.1 Å². The van der Waals surface area contributed by atoms with Crippen LogP contribution in [0.3, 0.4) is 0 Å². The number of rotatable bonds is 12. The van der Waals surface area contributed by atoms with Crippen molar-refractivity contribution in [3.8, 4) is 0 Å². The van der Waals surface area contributed by atoms with Gasteiger partial charge in [0.25, 0.3) is 10.0 Å². The second-order valence-corrected chi connectivity index (χ2v) is 15.2. The van der Waals surface area contributed by atoms with E-state index in [-0.39, 0.29) is 23.8 Å².